The molecule has 2 aromatic carbocycles. The van der Waals surface area contributed by atoms with Gasteiger partial charge in [0.15, 0.2) is 0 Å². The molecule has 2 aliphatic rings. The van der Waals surface area contributed by atoms with Crippen molar-refractivity contribution in [3.05, 3.63) is 72.2 Å². The maximum atomic E-state index is 14.0. The van der Waals surface area contributed by atoms with Gasteiger partial charge in [-0.2, -0.15) is 0 Å². The summed E-state index contributed by atoms with van der Waals surface area (Å²) >= 11 is 0. The molecule has 0 aromatic heterocycles. The van der Waals surface area contributed by atoms with E-state index < -0.39 is 0 Å². The van der Waals surface area contributed by atoms with Gasteiger partial charge in [0, 0.05) is 36.1 Å². The highest BCUT2D eigenvalue weighted by molar-refractivity contribution is 6.02. The predicted octanol–water partition coefficient (Wildman–Crippen LogP) is 6.71. The van der Waals surface area contributed by atoms with Crippen molar-refractivity contribution in [1.29, 1.82) is 0 Å². The maximum absolute atomic E-state index is 14.0. The Morgan fingerprint density at radius 3 is 2.53 bits per heavy atom. The summed E-state index contributed by atoms with van der Waals surface area (Å²) in [6.45, 7) is 18.7. The Labute approximate surface area is 180 Å². The van der Waals surface area contributed by atoms with E-state index in [0.717, 1.165) is 52.4 Å². The van der Waals surface area contributed by atoms with Gasteiger partial charge in [0.1, 0.15) is 5.82 Å². The van der Waals surface area contributed by atoms with E-state index in [-0.39, 0.29) is 5.82 Å². The van der Waals surface area contributed by atoms with Gasteiger partial charge >= 0.3 is 0 Å². The van der Waals surface area contributed by atoms with Gasteiger partial charge in [-0.1, -0.05) is 39.5 Å². The number of anilines is 3. The molecular weight excluding hydrogens is 373 g/mol. The highest BCUT2D eigenvalue weighted by atomic mass is 19.1. The van der Waals surface area contributed by atoms with Crippen LogP contribution in [0.3, 0.4) is 0 Å². The van der Waals surface area contributed by atoms with E-state index in [1.807, 2.05) is 18.7 Å². The molecule has 0 bridgehead atoms. The molecule has 0 saturated carbocycles. The molecule has 4 rings (SSSR count). The highest BCUT2D eigenvalue weighted by Crippen LogP contribution is 2.48. The number of fused-ring (bicyclic) bond motifs is 2. The quantitative estimate of drug-likeness (QED) is 0.594. The first-order valence-corrected chi connectivity index (χ1v) is 11.1. The Bertz CT molecular complexity index is 913. The SMILES string of the molecule is C=CN1c2ccc(F)cc2C(=C)c2c(NCCN3CCCCC3)ccc(C)c21.CC. The molecule has 0 unspecified atom stereocenters. The molecule has 2 aliphatic heterocycles. The van der Waals surface area contributed by atoms with E-state index in [9.17, 15) is 4.39 Å². The van der Waals surface area contributed by atoms with Crippen LogP contribution in [0.2, 0.25) is 0 Å². The first kappa shape index (κ1) is 22.1. The second-order valence-electron chi connectivity index (χ2n) is 7.68. The summed E-state index contributed by atoms with van der Waals surface area (Å²) in [4.78, 5) is 4.57. The summed E-state index contributed by atoms with van der Waals surface area (Å²) in [7, 11) is 0. The third-order valence-corrected chi connectivity index (χ3v) is 5.84. The molecule has 160 valence electrons. The van der Waals surface area contributed by atoms with E-state index >= 15 is 0 Å². The number of aryl methyl sites for hydroxylation is 1. The van der Waals surface area contributed by atoms with Gasteiger partial charge in [-0.05, 0) is 68.3 Å². The standard InChI is InChI=1S/C24H28FN3.C2H6/c1-4-28-22-11-9-19(25)16-20(22)18(3)23-21(10-8-17(2)24(23)28)26-12-15-27-13-6-5-7-14-27;1-2/h4,8-11,16,26H,1,3,5-7,12-15H2,2H3;1-2H3. The van der Waals surface area contributed by atoms with E-state index in [1.54, 1.807) is 18.3 Å². The Kier molecular flexibility index (Phi) is 7.33. The average molecular weight is 408 g/mol. The van der Waals surface area contributed by atoms with Crippen LogP contribution in [-0.2, 0) is 0 Å². The number of hydrogen-bond acceptors (Lipinski definition) is 3. The van der Waals surface area contributed by atoms with Crippen LogP contribution in [0.25, 0.3) is 5.57 Å². The minimum absolute atomic E-state index is 0.250. The predicted molar refractivity (Wildman–Crippen MR) is 128 cm³/mol. The fourth-order valence-corrected chi connectivity index (χ4v) is 4.40. The van der Waals surface area contributed by atoms with Gasteiger partial charge in [0.25, 0.3) is 0 Å². The van der Waals surface area contributed by atoms with Crippen molar-refractivity contribution >= 4 is 22.6 Å². The third-order valence-electron chi connectivity index (χ3n) is 5.84. The lowest BCUT2D eigenvalue weighted by Gasteiger charge is -2.35. The first-order valence-electron chi connectivity index (χ1n) is 11.1. The number of halogens is 1. The van der Waals surface area contributed by atoms with Crippen LogP contribution in [0.1, 0.15) is 49.8 Å². The molecule has 2 heterocycles. The molecule has 30 heavy (non-hydrogen) atoms. The molecule has 1 fully saturated rings. The smallest absolute Gasteiger partial charge is 0.123 e. The second kappa shape index (κ2) is 9.94. The van der Waals surface area contributed by atoms with E-state index in [4.69, 9.17) is 0 Å². The molecule has 1 N–H and O–H groups in total. The molecular formula is C26H34FN3. The summed E-state index contributed by atoms with van der Waals surface area (Å²) < 4.78 is 14.0. The molecule has 1 saturated heterocycles. The zero-order valence-corrected chi connectivity index (χ0v) is 18.6. The lowest BCUT2D eigenvalue weighted by Crippen LogP contribution is -2.33. The monoisotopic (exact) mass is 407 g/mol. The fourth-order valence-electron chi connectivity index (χ4n) is 4.40. The van der Waals surface area contributed by atoms with Gasteiger partial charge in [0.05, 0.1) is 11.4 Å². The molecule has 0 atom stereocenters. The number of rotatable bonds is 5. The number of hydrogen-bond donors (Lipinski definition) is 1. The van der Waals surface area contributed by atoms with Gasteiger partial charge in [-0.25, -0.2) is 4.39 Å². The lowest BCUT2D eigenvalue weighted by atomic mass is 9.88. The summed E-state index contributed by atoms with van der Waals surface area (Å²) in [5.74, 6) is -0.250. The van der Waals surface area contributed by atoms with Crippen LogP contribution in [0.4, 0.5) is 21.5 Å². The van der Waals surface area contributed by atoms with Gasteiger partial charge in [0.2, 0.25) is 0 Å². The second-order valence-corrected chi connectivity index (χ2v) is 7.68. The van der Waals surface area contributed by atoms with Crippen LogP contribution in [-0.4, -0.2) is 31.1 Å². The number of likely N-dealkylation sites (tertiary alicyclic amines) is 1. The highest BCUT2D eigenvalue weighted by Gasteiger charge is 2.28. The summed E-state index contributed by atoms with van der Waals surface area (Å²) in [5.41, 5.74) is 6.89. The van der Waals surface area contributed by atoms with Crippen molar-refractivity contribution in [3.8, 4) is 0 Å². The number of nitrogens with one attached hydrogen (secondary N) is 1. The van der Waals surface area contributed by atoms with Gasteiger partial charge in [-0.3, -0.25) is 0 Å². The van der Waals surface area contributed by atoms with Crippen LogP contribution in [0.15, 0.2) is 49.7 Å². The summed E-state index contributed by atoms with van der Waals surface area (Å²) in [5, 5.41) is 3.61. The molecule has 2 aromatic rings. The van der Waals surface area contributed by atoms with E-state index in [1.165, 1.54) is 38.4 Å². The molecule has 0 radical (unpaired) electrons. The Morgan fingerprint density at radius 2 is 1.83 bits per heavy atom. The molecule has 4 heteroatoms. The molecule has 0 amide bonds. The minimum Gasteiger partial charge on any atom is -0.383 e. The number of nitrogens with zero attached hydrogens (tertiary/aromatic N) is 2. The zero-order valence-electron chi connectivity index (χ0n) is 18.6. The average Bonchev–Trinajstić information content (AvgIpc) is 2.78. The van der Waals surface area contributed by atoms with Crippen molar-refractivity contribution in [3.63, 3.8) is 0 Å². The first-order chi connectivity index (χ1) is 14.6. The molecule has 0 spiro atoms. The third kappa shape index (κ3) is 4.29. The maximum Gasteiger partial charge on any atom is 0.123 e. The number of piperidine rings is 1. The normalized spacial score (nSPS) is 15.6. The van der Waals surface area contributed by atoms with Crippen molar-refractivity contribution < 1.29 is 4.39 Å². The molecule has 3 nitrogen and oxygen atoms in total. The zero-order chi connectivity index (χ0) is 21.7. The lowest BCUT2D eigenvalue weighted by molar-refractivity contribution is 0.237. The topological polar surface area (TPSA) is 18.5 Å². The van der Waals surface area contributed by atoms with Crippen molar-refractivity contribution in [2.45, 2.75) is 40.0 Å². The number of benzene rings is 2. The Balaban J connectivity index is 0.00000124. The van der Waals surface area contributed by atoms with Crippen LogP contribution in [0.5, 0.6) is 0 Å². The van der Waals surface area contributed by atoms with Crippen molar-refractivity contribution in [2.75, 3.05) is 36.4 Å². The summed E-state index contributed by atoms with van der Waals surface area (Å²) in [6.07, 6.45) is 5.75. The summed E-state index contributed by atoms with van der Waals surface area (Å²) in [6, 6.07) is 9.10. The molecule has 0 aliphatic carbocycles. The van der Waals surface area contributed by atoms with Gasteiger partial charge < -0.3 is 15.1 Å². The van der Waals surface area contributed by atoms with E-state index in [0.29, 0.717) is 0 Å². The Hall–Kier alpha value is -2.59. The van der Waals surface area contributed by atoms with Crippen molar-refractivity contribution in [2.24, 2.45) is 0 Å². The van der Waals surface area contributed by atoms with Gasteiger partial charge in [-0.15, -0.1) is 0 Å². The van der Waals surface area contributed by atoms with E-state index in [2.05, 4.69) is 42.4 Å². The van der Waals surface area contributed by atoms with Crippen LogP contribution >= 0.6 is 0 Å². The minimum atomic E-state index is -0.250. The fraction of sp³-hybridized carbons (Fsp3) is 0.385. The Morgan fingerprint density at radius 1 is 1.10 bits per heavy atom. The largest absolute Gasteiger partial charge is 0.383 e. The van der Waals surface area contributed by atoms with Crippen molar-refractivity contribution in [1.82, 2.24) is 4.90 Å². The van der Waals surface area contributed by atoms with Crippen LogP contribution in [0, 0.1) is 12.7 Å². The van der Waals surface area contributed by atoms with Crippen LogP contribution < -0.4 is 10.2 Å².